The molecule has 0 saturated carbocycles. The number of anilines is 1. The standard InChI is InChI=1S/C19H16N6O3/c1-28-16-8-7-14(25(26)27)9-13(16)10-24-11-15-17(20)21-18(22-19(15)23-24)12-5-3-2-4-6-12/h2-9,11H,10H2,1H3,(H2,20,21,22,23). The summed E-state index contributed by atoms with van der Waals surface area (Å²) in [6, 6.07) is 13.9. The molecule has 0 unspecified atom stereocenters. The van der Waals surface area contributed by atoms with Gasteiger partial charge in [0.1, 0.15) is 11.6 Å². The van der Waals surface area contributed by atoms with Crippen molar-refractivity contribution in [2.45, 2.75) is 6.54 Å². The highest BCUT2D eigenvalue weighted by atomic mass is 16.6. The highest BCUT2D eigenvalue weighted by molar-refractivity contribution is 5.86. The van der Waals surface area contributed by atoms with Gasteiger partial charge in [0.25, 0.3) is 5.69 Å². The zero-order chi connectivity index (χ0) is 19.7. The first-order valence-electron chi connectivity index (χ1n) is 8.42. The number of hydrogen-bond acceptors (Lipinski definition) is 7. The van der Waals surface area contributed by atoms with Crippen molar-refractivity contribution in [2.24, 2.45) is 0 Å². The van der Waals surface area contributed by atoms with Crippen LogP contribution in [0.15, 0.2) is 54.7 Å². The maximum Gasteiger partial charge on any atom is 0.270 e. The Morgan fingerprint density at radius 2 is 1.96 bits per heavy atom. The van der Waals surface area contributed by atoms with Gasteiger partial charge in [-0.1, -0.05) is 30.3 Å². The molecule has 0 atom stereocenters. The molecule has 2 heterocycles. The number of nitro benzene ring substituents is 1. The van der Waals surface area contributed by atoms with Crippen LogP contribution in [0.1, 0.15) is 5.56 Å². The minimum absolute atomic E-state index is 0.0156. The van der Waals surface area contributed by atoms with E-state index in [0.717, 1.165) is 5.56 Å². The van der Waals surface area contributed by atoms with E-state index in [4.69, 9.17) is 10.5 Å². The lowest BCUT2D eigenvalue weighted by Gasteiger charge is -2.08. The van der Waals surface area contributed by atoms with Crippen LogP contribution in [0.2, 0.25) is 0 Å². The van der Waals surface area contributed by atoms with Gasteiger partial charge in [-0.3, -0.25) is 14.8 Å². The van der Waals surface area contributed by atoms with Crippen molar-refractivity contribution in [1.29, 1.82) is 0 Å². The van der Waals surface area contributed by atoms with Crippen LogP contribution in [0.3, 0.4) is 0 Å². The number of ether oxygens (including phenoxy) is 1. The van der Waals surface area contributed by atoms with Crippen LogP contribution >= 0.6 is 0 Å². The number of nitrogens with zero attached hydrogens (tertiary/aromatic N) is 5. The number of nitrogen functional groups attached to an aromatic ring is 1. The Bertz CT molecular complexity index is 1170. The van der Waals surface area contributed by atoms with Gasteiger partial charge in [0.2, 0.25) is 0 Å². The Labute approximate surface area is 159 Å². The van der Waals surface area contributed by atoms with Crippen LogP contribution in [-0.2, 0) is 6.54 Å². The molecule has 0 aliphatic rings. The second-order valence-corrected chi connectivity index (χ2v) is 6.12. The first-order valence-corrected chi connectivity index (χ1v) is 8.42. The molecular weight excluding hydrogens is 360 g/mol. The van der Waals surface area contributed by atoms with Gasteiger partial charge in [-0.25, -0.2) is 9.97 Å². The summed E-state index contributed by atoms with van der Waals surface area (Å²) in [6.07, 6.45) is 1.72. The zero-order valence-electron chi connectivity index (χ0n) is 14.9. The molecule has 9 heteroatoms. The third-order valence-electron chi connectivity index (χ3n) is 4.30. The van der Waals surface area contributed by atoms with Crippen LogP contribution < -0.4 is 10.5 Å². The molecule has 0 bridgehead atoms. The minimum Gasteiger partial charge on any atom is -0.496 e. The molecule has 0 fully saturated rings. The average Bonchev–Trinajstić information content (AvgIpc) is 3.11. The van der Waals surface area contributed by atoms with Gasteiger partial charge in [-0.2, -0.15) is 5.10 Å². The lowest BCUT2D eigenvalue weighted by Crippen LogP contribution is -2.03. The predicted octanol–water partition coefficient (Wildman–Crippen LogP) is 3.04. The second-order valence-electron chi connectivity index (χ2n) is 6.12. The Hall–Kier alpha value is -4.01. The van der Waals surface area contributed by atoms with Crippen LogP contribution in [-0.4, -0.2) is 31.8 Å². The summed E-state index contributed by atoms with van der Waals surface area (Å²) >= 11 is 0. The van der Waals surface area contributed by atoms with Gasteiger partial charge >= 0.3 is 0 Å². The van der Waals surface area contributed by atoms with Crippen LogP contribution in [0.25, 0.3) is 22.4 Å². The first kappa shape index (κ1) is 17.4. The van der Waals surface area contributed by atoms with Crippen molar-refractivity contribution >= 4 is 22.5 Å². The third kappa shape index (κ3) is 3.20. The van der Waals surface area contributed by atoms with Crippen LogP contribution in [0.4, 0.5) is 11.5 Å². The van der Waals surface area contributed by atoms with E-state index in [-0.39, 0.29) is 12.2 Å². The molecule has 0 aliphatic carbocycles. The molecule has 0 amide bonds. The summed E-state index contributed by atoms with van der Waals surface area (Å²) < 4.78 is 6.93. The fraction of sp³-hybridized carbons (Fsp3) is 0.105. The van der Waals surface area contributed by atoms with E-state index >= 15 is 0 Å². The number of non-ortho nitro benzene ring substituents is 1. The van der Waals surface area contributed by atoms with E-state index < -0.39 is 4.92 Å². The Balaban J connectivity index is 1.74. The van der Waals surface area contributed by atoms with E-state index in [9.17, 15) is 10.1 Å². The van der Waals surface area contributed by atoms with Crippen molar-refractivity contribution in [1.82, 2.24) is 19.7 Å². The number of nitrogens with two attached hydrogens (primary N) is 1. The zero-order valence-corrected chi connectivity index (χ0v) is 14.9. The summed E-state index contributed by atoms with van der Waals surface area (Å²) in [4.78, 5) is 19.5. The maximum absolute atomic E-state index is 11.1. The number of methoxy groups -OCH3 is 1. The normalized spacial score (nSPS) is 10.9. The van der Waals surface area contributed by atoms with Crippen molar-refractivity contribution in [2.75, 3.05) is 12.8 Å². The Morgan fingerprint density at radius 1 is 1.18 bits per heavy atom. The maximum atomic E-state index is 11.1. The summed E-state index contributed by atoms with van der Waals surface area (Å²) in [6.45, 7) is 0.265. The van der Waals surface area contributed by atoms with Crippen molar-refractivity contribution in [3.8, 4) is 17.1 Å². The quantitative estimate of drug-likeness (QED) is 0.419. The molecule has 2 aromatic heterocycles. The van der Waals surface area contributed by atoms with E-state index in [1.165, 1.54) is 19.2 Å². The Kier molecular flexibility index (Phi) is 4.32. The topological polar surface area (TPSA) is 122 Å². The molecule has 0 radical (unpaired) electrons. The lowest BCUT2D eigenvalue weighted by molar-refractivity contribution is -0.384. The molecule has 2 aromatic carbocycles. The highest BCUT2D eigenvalue weighted by Gasteiger charge is 2.15. The molecular formula is C19H16N6O3. The lowest BCUT2D eigenvalue weighted by atomic mass is 10.2. The fourth-order valence-corrected chi connectivity index (χ4v) is 2.95. The number of fused-ring (bicyclic) bond motifs is 1. The van der Waals surface area contributed by atoms with Gasteiger partial charge in [0.15, 0.2) is 11.5 Å². The number of rotatable bonds is 5. The molecule has 28 heavy (non-hydrogen) atoms. The van der Waals surface area contributed by atoms with E-state index in [1.807, 2.05) is 30.3 Å². The minimum atomic E-state index is -0.446. The van der Waals surface area contributed by atoms with Crippen LogP contribution in [0.5, 0.6) is 5.75 Å². The number of aromatic nitrogens is 4. The fourth-order valence-electron chi connectivity index (χ4n) is 2.95. The third-order valence-corrected chi connectivity index (χ3v) is 4.30. The summed E-state index contributed by atoms with van der Waals surface area (Å²) in [7, 11) is 1.51. The number of nitro groups is 1. The molecule has 9 nitrogen and oxygen atoms in total. The summed E-state index contributed by atoms with van der Waals surface area (Å²) in [5.74, 6) is 1.35. The van der Waals surface area contributed by atoms with Crippen molar-refractivity contribution in [3.63, 3.8) is 0 Å². The van der Waals surface area contributed by atoms with Gasteiger partial charge in [0.05, 0.1) is 24.0 Å². The van der Waals surface area contributed by atoms with Gasteiger partial charge in [-0.15, -0.1) is 0 Å². The molecule has 2 N–H and O–H groups in total. The molecule has 140 valence electrons. The summed E-state index contributed by atoms with van der Waals surface area (Å²) in [5.41, 5.74) is 8.00. The SMILES string of the molecule is COc1ccc([N+](=O)[O-])cc1Cn1cc2c(N)nc(-c3ccccc3)nc2n1. The summed E-state index contributed by atoms with van der Waals surface area (Å²) in [5, 5.41) is 16.2. The van der Waals surface area contributed by atoms with Crippen LogP contribution in [0, 0.1) is 10.1 Å². The average molecular weight is 376 g/mol. The van der Waals surface area contributed by atoms with E-state index in [0.29, 0.717) is 34.0 Å². The number of hydrogen-bond donors (Lipinski definition) is 1. The number of benzene rings is 2. The van der Waals surface area contributed by atoms with Gasteiger partial charge in [0, 0.05) is 29.5 Å². The van der Waals surface area contributed by atoms with Crippen molar-refractivity contribution in [3.05, 3.63) is 70.4 Å². The molecule has 4 aromatic rings. The monoisotopic (exact) mass is 376 g/mol. The predicted molar refractivity (Wildman–Crippen MR) is 104 cm³/mol. The highest BCUT2D eigenvalue weighted by Crippen LogP contribution is 2.26. The van der Waals surface area contributed by atoms with Gasteiger partial charge in [-0.05, 0) is 6.07 Å². The first-order chi connectivity index (χ1) is 13.5. The van der Waals surface area contributed by atoms with Crippen molar-refractivity contribution < 1.29 is 9.66 Å². The molecule has 0 spiro atoms. The Morgan fingerprint density at radius 3 is 2.68 bits per heavy atom. The molecule has 0 aliphatic heterocycles. The van der Waals surface area contributed by atoms with E-state index in [2.05, 4.69) is 15.1 Å². The smallest absolute Gasteiger partial charge is 0.270 e. The molecule has 4 rings (SSSR count). The second kappa shape index (κ2) is 6.95. The van der Waals surface area contributed by atoms with E-state index in [1.54, 1.807) is 16.9 Å². The molecule has 0 saturated heterocycles. The van der Waals surface area contributed by atoms with Gasteiger partial charge < -0.3 is 10.5 Å². The largest absolute Gasteiger partial charge is 0.496 e.